The van der Waals surface area contributed by atoms with E-state index in [9.17, 15) is 9.59 Å². The van der Waals surface area contributed by atoms with Crippen LogP contribution >= 0.6 is 0 Å². The van der Waals surface area contributed by atoms with E-state index in [0.29, 0.717) is 30.1 Å². The van der Waals surface area contributed by atoms with E-state index in [1.54, 1.807) is 18.2 Å². The predicted octanol–water partition coefficient (Wildman–Crippen LogP) is 0.973. The Balaban J connectivity index is 1.55. The van der Waals surface area contributed by atoms with Crippen molar-refractivity contribution in [1.82, 2.24) is 10.1 Å². The molecule has 1 fully saturated rings. The number of carbonyl (C=O) groups excluding carboxylic acids is 2. The number of nitrogens with zero attached hydrogens (tertiary/aromatic N) is 3. The number of carbonyl (C=O) groups is 2. The normalized spacial score (nSPS) is 14.7. The molecule has 0 atom stereocenters. The van der Waals surface area contributed by atoms with Gasteiger partial charge in [-0.15, -0.1) is 0 Å². The fourth-order valence-electron chi connectivity index (χ4n) is 2.82. The average Bonchev–Trinajstić information content (AvgIpc) is 3.00. The maximum atomic E-state index is 12.3. The summed E-state index contributed by atoms with van der Waals surface area (Å²) in [7, 11) is 0. The Morgan fingerprint density at radius 2 is 1.83 bits per heavy atom. The van der Waals surface area contributed by atoms with Crippen LogP contribution in [0.4, 0.5) is 5.69 Å². The van der Waals surface area contributed by atoms with Crippen molar-refractivity contribution in [2.75, 3.05) is 31.1 Å². The number of rotatable bonds is 4. The first-order valence-corrected chi connectivity index (χ1v) is 7.88. The highest BCUT2D eigenvalue weighted by Gasteiger charge is 2.22. The number of anilines is 1. The Bertz CT molecular complexity index is 731. The topological polar surface area (TPSA) is 92.7 Å². The molecule has 0 spiro atoms. The maximum Gasteiger partial charge on any atom is 0.248 e. The van der Waals surface area contributed by atoms with Crippen molar-refractivity contribution in [3.63, 3.8) is 0 Å². The Morgan fingerprint density at radius 1 is 1.17 bits per heavy atom. The first kappa shape index (κ1) is 16.0. The van der Waals surface area contributed by atoms with Crippen LogP contribution in [0.3, 0.4) is 0 Å². The van der Waals surface area contributed by atoms with Crippen molar-refractivity contribution in [1.29, 1.82) is 0 Å². The van der Waals surface area contributed by atoms with Crippen molar-refractivity contribution in [2.45, 2.75) is 13.3 Å². The summed E-state index contributed by atoms with van der Waals surface area (Å²) >= 11 is 0. The van der Waals surface area contributed by atoms with Crippen LogP contribution in [0.2, 0.25) is 0 Å². The third-order valence-electron chi connectivity index (χ3n) is 4.16. The first-order chi connectivity index (χ1) is 11.5. The molecule has 1 saturated heterocycles. The van der Waals surface area contributed by atoms with Gasteiger partial charge in [-0.05, 0) is 31.2 Å². The minimum absolute atomic E-state index is 0.0621. The molecule has 1 aromatic carbocycles. The van der Waals surface area contributed by atoms with Gasteiger partial charge in [0.05, 0.1) is 12.1 Å². The van der Waals surface area contributed by atoms with Crippen LogP contribution < -0.4 is 10.6 Å². The maximum absolute atomic E-state index is 12.3. The number of primary amides is 1. The smallest absolute Gasteiger partial charge is 0.248 e. The second-order valence-corrected chi connectivity index (χ2v) is 5.88. The van der Waals surface area contributed by atoms with Gasteiger partial charge in [0.25, 0.3) is 0 Å². The highest BCUT2D eigenvalue weighted by molar-refractivity contribution is 5.93. The van der Waals surface area contributed by atoms with Crippen LogP contribution in [-0.4, -0.2) is 48.0 Å². The average molecular weight is 328 g/mol. The zero-order valence-corrected chi connectivity index (χ0v) is 13.6. The van der Waals surface area contributed by atoms with Crippen molar-refractivity contribution in [3.8, 4) is 0 Å². The standard InChI is InChI=1S/C17H20N4O3/c1-12-10-14(19-24-12)11-16(22)21-8-6-20(7-9-21)15-4-2-13(3-5-15)17(18)23/h2-5,10H,6-9,11H2,1H3,(H2,18,23). The van der Waals surface area contributed by atoms with Gasteiger partial charge in [0.2, 0.25) is 11.8 Å². The molecule has 2 aromatic rings. The van der Waals surface area contributed by atoms with E-state index in [2.05, 4.69) is 10.1 Å². The predicted molar refractivity (Wildman–Crippen MR) is 88.7 cm³/mol. The van der Waals surface area contributed by atoms with Crippen LogP contribution in [0, 0.1) is 6.92 Å². The zero-order chi connectivity index (χ0) is 17.1. The first-order valence-electron chi connectivity index (χ1n) is 7.88. The number of benzene rings is 1. The molecular weight excluding hydrogens is 308 g/mol. The molecule has 7 heteroatoms. The lowest BCUT2D eigenvalue weighted by Gasteiger charge is -2.36. The van der Waals surface area contributed by atoms with Gasteiger partial charge in [0.1, 0.15) is 5.76 Å². The van der Waals surface area contributed by atoms with E-state index in [0.717, 1.165) is 18.8 Å². The third kappa shape index (κ3) is 3.56. The van der Waals surface area contributed by atoms with E-state index in [4.69, 9.17) is 10.3 Å². The summed E-state index contributed by atoms with van der Waals surface area (Å²) in [6, 6.07) is 9.00. The quantitative estimate of drug-likeness (QED) is 0.903. The van der Waals surface area contributed by atoms with E-state index in [1.165, 1.54) is 0 Å². The zero-order valence-electron chi connectivity index (χ0n) is 13.6. The fraction of sp³-hybridized carbons (Fsp3) is 0.353. The van der Waals surface area contributed by atoms with Gasteiger partial charge >= 0.3 is 0 Å². The molecule has 2 N–H and O–H groups in total. The monoisotopic (exact) mass is 328 g/mol. The van der Waals surface area contributed by atoms with E-state index < -0.39 is 5.91 Å². The molecule has 3 rings (SSSR count). The molecule has 1 aliphatic rings. The Kier molecular flexibility index (Phi) is 4.50. The molecule has 0 saturated carbocycles. The molecule has 126 valence electrons. The van der Waals surface area contributed by atoms with Crippen molar-refractivity contribution in [3.05, 3.63) is 47.3 Å². The van der Waals surface area contributed by atoms with Crippen LogP contribution in [0.5, 0.6) is 0 Å². The van der Waals surface area contributed by atoms with Gasteiger partial charge < -0.3 is 20.1 Å². The molecule has 2 amide bonds. The molecule has 0 unspecified atom stereocenters. The summed E-state index contributed by atoms with van der Waals surface area (Å²) in [5.41, 5.74) is 7.44. The van der Waals surface area contributed by atoms with Gasteiger partial charge in [0, 0.05) is 43.5 Å². The van der Waals surface area contributed by atoms with E-state index in [1.807, 2.05) is 24.0 Å². The number of amides is 2. The number of aromatic nitrogens is 1. The largest absolute Gasteiger partial charge is 0.368 e. The van der Waals surface area contributed by atoms with Gasteiger partial charge in [-0.1, -0.05) is 5.16 Å². The Morgan fingerprint density at radius 3 is 2.38 bits per heavy atom. The lowest BCUT2D eigenvalue weighted by atomic mass is 10.1. The van der Waals surface area contributed by atoms with Gasteiger partial charge in [-0.25, -0.2) is 0 Å². The molecule has 1 aliphatic heterocycles. The summed E-state index contributed by atoms with van der Waals surface area (Å²) in [6.07, 6.45) is 0.269. The third-order valence-corrected chi connectivity index (χ3v) is 4.16. The molecule has 1 aromatic heterocycles. The molecule has 0 aliphatic carbocycles. The van der Waals surface area contributed by atoms with Crippen LogP contribution in [0.25, 0.3) is 0 Å². The summed E-state index contributed by atoms with van der Waals surface area (Å²) in [4.78, 5) is 27.5. The number of hydrogen-bond donors (Lipinski definition) is 1. The Hall–Kier alpha value is -2.83. The fourth-order valence-corrected chi connectivity index (χ4v) is 2.82. The molecule has 0 bridgehead atoms. The second kappa shape index (κ2) is 6.74. The Labute approximate surface area is 140 Å². The lowest BCUT2D eigenvalue weighted by Crippen LogP contribution is -2.49. The molecule has 0 radical (unpaired) electrons. The van der Waals surface area contributed by atoms with Crippen LogP contribution in [0.15, 0.2) is 34.9 Å². The highest BCUT2D eigenvalue weighted by atomic mass is 16.5. The second-order valence-electron chi connectivity index (χ2n) is 5.88. The summed E-state index contributed by atoms with van der Waals surface area (Å²) < 4.78 is 4.99. The van der Waals surface area contributed by atoms with E-state index in [-0.39, 0.29) is 12.3 Å². The lowest BCUT2D eigenvalue weighted by molar-refractivity contribution is -0.130. The van der Waals surface area contributed by atoms with Crippen molar-refractivity contribution < 1.29 is 14.1 Å². The molecule has 7 nitrogen and oxygen atoms in total. The number of aryl methyl sites for hydroxylation is 1. The molecule has 2 heterocycles. The van der Waals surface area contributed by atoms with Crippen molar-refractivity contribution in [2.24, 2.45) is 5.73 Å². The van der Waals surface area contributed by atoms with Crippen LogP contribution in [-0.2, 0) is 11.2 Å². The minimum atomic E-state index is -0.431. The summed E-state index contributed by atoms with van der Waals surface area (Å²) in [6.45, 7) is 4.63. The van der Waals surface area contributed by atoms with Gasteiger partial charge in [-0.3, -0.25) is 9.59 Å². The molecular formula is C17H20N4O3. The molecule has 24 heavy (non-hydrogen) atoms. The minimum Gasteiger partial charge on any atom is -0.368 e. The SMILES string of the molecule is Cc1cc(CC(=O)N2CCN(c3ccc(C(N)=O)cc3)CC2)no1. The van der Waals surface area contributed by atoms with Crippen molar-refractivity contribution >= 4 is 17.5 Å². The van der Waals surface area contributed by atoms with E-state index >= 15 is 0 Å². The summed E-state index contributed by atoms with van der Waals surface area (Å²) in [5.74, 6) is 0.342. The number of nitrogens with two attached hydrogens (primary N) is 1. The van der Waals surface area contributed by atoms with Crippen LogP contribution in [0.1, 0.15) is 21.8 Å². The highest BCUT2D eigenvalue weighted by Crippen LogP contribution is 2.17. The van der Waals surface area contributed by atoms with Gasteiger partial charge in [-0.2, -0.15) is 0 Å². The number of piperazine rings is 1. The number of hydrogen-bond acceptors (Lipinski definition) is 5. The van der Waals surface area contributed by atoms with Gasteiger partial charge in [0.15, 0.2) is 0 Å². The summed E-state index contributed by atoms with van der Waals surface area (Å²) in [5, 5.41) is 3.86.